The molecule has 0 aliphatic rings. The van der Waals surface area contributed by atoms with Gasteiger partial charge in [-0.2, -0.15) is 13.2 Å². The number of thiazole rings is 1. The second kappa shape index (κ2) is 5.41. The van der Waals surface area contributed by atoms with Gasteiger partial charge in [-0.25, -0.2) is 4.98 Å². The molecule has 9 heteroatoms. The number of halogens is 3. The number of benzene rings is 1. The van der Waals surface area contributed by atoms with E-state index < -0.39 is 17.8 Å². The first kappa shape index (κ1) is 14.5. The summed E-state index contributed by atoms with van der Waals surface area (Å²) < 4.78 is 42.3. The monoisotopic (exact) mass is 327 g/mol. The Kier molecular flexibility index (Phi) is 3.57. The molecular weight excluding hydrogens is 319 g/mol. The van der Waals surface area contributed by atoms with Gasteiger partial charge in [-0.1, -0.05) is 17.3 Å². The first-order valence-electron chi connectivity index (χ1n) is 6.09. The Labute approximate surface area is 125 Å². The first-order valence-corrected chi connectivity index (χ1v) is 6.97. The molecule has 0 radical (unpaired) electrons. The molecule has 3 rings (SSSR count). The fraction of sp³-hybridized carbons (Fsp3) is 0.154. The third-order valence-electron chi connectivity index (χ3n) is 2.82. The lowest BCUT2D eigenvalue weighted by atomic mass is 10.2. The van der Waals surface area contributed by atoms with Gasteiger partial charge in [0.1, 0.15) is 5.69 Å². The molecule has 0 saturated heterocycles. The number of aromatic nitrogens is 2. The number of hydrogen-bond acceptors (Lipinski definition) is 5. The minimum atomic E-state index is -4.53. The average molecular weight is 327 g/mol. The van der Waals surface area contributed by atoms with Gasteiger partial charge in [0, 0.05) is 10.8 Å². The number of nitrogens with zero attached hydrogens (tertiary/aromatic N) is 2. The van der Waals surface area contributed by atoms with Crippen LogP contribution in [0.1, 0.15) is 11.4 Å². The van der Waals surface area contributed by atoms with Crippen molar-refractivity contribution in [2.45, 2.75) is 12.6 Å². The van der Waals surface area contributed by atoms with E-state index in [-0.39, 0.29) is 11.6 Å². The van der Waals surface area contributed by atoms with Crippen molar-refractivity contribution in [2.24, 2.45) is 0 Å². The molecule has 2 heterocycles. The van der Waals surface area contributed by atoms with Crippen LogP contribution in [-0.2, 0) is 17.4 Å². The van der Waals surface area contributed by atoms with Gasteiger partial charge in [0.2, 0.25) is 5.91 Å². The van der Waals surface area contributed by atoms with Gasteiger partial charge in [0.05, 0.1) is 6.42 Å². The second-order valence-corrected chi connectivity index (χ2v) is 5.24. The molecule has 22 heavy (non-hydrogen) atoms. The van der Waals surface area contributed by atoms with Crippen molar-refractivity contribution >= 4 is 33.3 Å². The molecule has 1 amide bonds. The van der Waals surface area contributed by atoms with Gasteiger partial charge in [-0.05, 0) is 12.1 Å². The Bertz CT molecular complexity index is 825. The van der Waals surface area contributed by atoms with Crippen molar-refractivity contribution in [1.29, 1.82) is 0 Å². The van der Waals surface area contributed by atoms with E-state index in [9.17, 15) is 18.0 Å². The van der Waals surface area contributed by atoms with E-state index in [1.54, 1.807) is 24.3 Å². The molecule has 0 fully saturated rings. The molecule has 0 saturated carbocycles. The van der Waals surface area contributed by atoms with Crippen LogP contribution in [0.25, 0.3) is 11.0 Å². The molecule has 0 atom stereocenters. The zero-order valence-corrected chi connectivity index (χ0v) is 11.7. The molecule has 1 N–H and O–H groups in total. The number of para-hydroxylation sites is 1. The summed E-state index contributed by atoms with van der Waals surface area (Å²) in [6.45, 7) is 0. The largest absolute Gasteiger partial charge is 0.434 e. The van der Waals surface area contributed by atoms with E-state index in [1.165, 1.54) is 0 Å². The highest BCUT2D eigenvalue weighted by molar-refractivity contribution is 7.13. The van der Waals surface area contributed by atoms with E-state index in [2.05, 4.69) is 15.5 Å². The topological polar surface area (TPSA) is 68.0 Å². The summed E-state index contributed by atoms with van der Waals surface area (Å²) in [5.74, 6) is -0.512. The molecule has 3 aromatic rings. The minimum absolute atomic E-state index is 0.106. The molecule has 2 aromatic heterocycles. The predicted molar refractivity (Wildman–Crippen MR) is 73.5 cm³/mol. The Morgan fingerprint density at radius 1 is 1.32 bits per heavy atom. The zero-order chi connectivity index (χ0) is 15.7. The smallest absolute Gasteiger partial charge is 0.356 e. The Morgan fingerprint density at radius 2 is 2.09 bits per heavy atom. The lowest BCUT2D eigenvalue weighted by Gasteiger charge is -2.01. The van der Waals surface area contributed by atoms with Gasteiger partial charge in [-0.3, -0.25) is 4.79 Å². The summed E-state index contributed by atoms with van der Waals surface area (Å²) in [7, 11) is 0. The molecule has 0 aliphatic carbocycles. The van der Waals surface area contributed by atoms with Gasteiger partial charge < -0.3 is 9.84 Å². The first-order chi connectivity index (χ1) is 10.4. The summed E-state index contributed by atoms with van der Waals surface area (Å²) >= 11 is 0.714. The fourth-order valence-electron chi connectivity index (χ4n) is 1.84. The normalized spacial score (nSPS) is 11.8. The fourth-order valence-corrected chi connectivity index (χ4v) is 2.58. The van der Waals surface area contributed by atoms with Crippen molar-refractivity contribution in [3.8, 4) is 0 Å². The van der Waals surface area contributed by atoms with Gasteiger partial charge in [0.15, 0.2) is 16.4 Å². The Balaban J connectivity index is 1.71. The Hall–Kier alpha value is -2.42. The SMILES string of the molecule is O=C(Cc1noc2ccccc12)Nc1nc(C(F)(F)F)cs1. The van der Waals surface area contributed by atoms with Crippen LogP contribution >= 0.6 is 11.3 Å². The van der Waals surface area contributed by atoms with Gasteiger partial charge in [-0.15, -0.1) is 11.3 Å². The van der Waals surface area contributed by atoms with E-state index >= 15 is 0 Å². The number of alkyl halides is 3. The number of fused-ring (bicyclic) bond motifs is 1. The van der Waals surface area contributed by atoms with E-state index in [0.29, 0.717) is 28.0 Å². The van der Waals surface area contributed by atoms with Crippen molar-refractivity contribution in [1.82, 2.24) is 10.1 Å². The standard InChI is InChI=1S/C13H8F3N3O2S/c14-13(15,16)10-6-22-12(17-10)18-11(20)5-8-7-3-1-2-4-9(7)21-19-8/h1-4,6H,5H2,(H,17,18,20). The van der Waals surface area contributed by atoms with Crippen LogP contribution in [-0.4, -0.2) is 16.0 Å². The number of carbonyl (C=O) groups excluding carboxylic acids is 1. The summed E-state index contributed by atoms with van der Waals surface area (Å²) in [5, 5.41) is 7.54. The van der Waals surface area contributed by atoms with Crippen LogP contribution in [0.4, 0.5) is 18.3 Å². The predicted octanol–water partition coefficient (Wildman–Crippen LogP) is 3.48. The molecule has 0 bridgehead atoms. The highest BCUT2D eigenvalue weighted by atomic mass is 32.1. The van der Waals surface area contributed by atoms with Crippen molar-refractivity contribution < 1.29 is 22.5 Å². The number of anilines is 1. The van der Waals surface area contributed by atoms with Crippen LogP contribution in [0.3, 0.4) is 0 Å². The van der Waals surface area contributed by atoms with Crippen LogP contribution < -0.4 is 5.32 Å². The van der Waals surface area contributed by atoms with Crippen LogP contribution in [0.5, 0.6) is 0 Å². The lowest BCUT2D eigenvalue weighted by Crippen LogP contribution is -2.15. The zero-order valence-electron chi connectivity index (χ0n) is 10.8. The molecular formula is C13H8F3N3O2S. The lowest BCUT2D eigenvalue weighted by molar-refractivity contribution is -0.140. The molecule has 1 aromatic carbocycles. The third kappa shape index (κ3) is 2.93. The average Bonchev–Trinajstić information content (AvgIpc) is 3.06. The molecule has 5 nitrogen and oxygen atoms in total. The summed E-state index contributed by atoms with van der Waals surface area (Å²) in [4.78, 5) is 15.2. The summed E-state index contributed by atoms with van der Waals surface area (Å²) in [5.41, 5.74) is -0.0701. The molecule has 0 aliphatic heterocycles. The van der Waals surface area contributed by atoms with Crippen molar-refractivity contribution in [3.63, 3.8) is 0 Å². The quantitative estimate of drug-likeness (QED) is 0.799. The second-order valence-electron chi connectivity index (χ2n) is 4.39. The van der Waals surface area contributed by atoms with E-state index in [4.69, 9.17) is 4.52 Å². The number of amides is 1. The maximum Gasteiger partial charge on any atom is 0.434 e. The third-order valence-corrected chi connectivity index (χ3v) is 3.58. The van der Waals surface area contributed by atoms with Crippen LogP contribution in [0, 0.1) is 0 Å². The number of rotatable bonds is 3. The number of hydrogen-bond donors (Lipinski definition) is 1. The maximum atomic E-state index is 12.4. The van der Waals surface area contributed by atoms with Gasteiger partial charge >= 0.3 is 6.18 Å². The number of carbonyl (C=O) groups is 1. The summed E-state index contributed by atoms with van der Waals surface area (Å²) in [6, 6.07) is 7.00. The summed E-state index contributed by atoms with van der Waals surface area (Å²) in [6.07, 6.45) is -4.64. The van der Waals surface area contributed by atoms with E-state index in [0.717, 1.165) is 5.38 Å². The number of nitrogens with one attached hydrogen (secondary N) is 1. The van der Waals surface area contributed by atoms with Crippen LogP contribution in [0.2, 0.25) is 0 Å². The highest BCUT2D eigenvalue weighted by Crippen LogP contribution is 2.31. The molecule has 0 unspecified atom stereocenters. The van der Waals surface area contributed by atoms with Crippen molar-refractivity contribution in [3.05, 3.63) is 41.0 Å². The molecule has 114 valence electrons. The Morgan fingerprint density at radius 3 is 2.82 bits per heavy atom. The van der Waals surface area contributed by atoms with E-state index in [1.807, 2.05) is 0 Å². The molecule has 0 spiro atoms. The maximum absolute atomic E-state index is 12.4. The minimum Gasteiger partial charge on any atom is -0.356 e. The van der Waals surface area contributed by atoms with Crippen LogP contribution in [0.15, 0.2) is 34.2 Å². The highest BCUT2D eigenvalue weighted by Gasteiger charge is 2.33. The van der Waals surface area contributed by atoms with Crippen molar-refractivity contribution in [2.75, 3.05) is 5.32 Å². The van der Waals surface area contributed by atoms with Gasteiger partial charge in [0.25, 0.3) is 0 Å².